The van der Waals surface area contributed by atoms with E-state index in [1.165, 1.54) is 5.56 Å². The number of carbonyl (C=O) groups excluding carboxylic acids is 1. The molecule has 1 heterocycles. The Bertz CT molecular complexity index is 398. The van der Waals surface area contributed by atoms with Gasteiger partial charge in [0.1, 0.15) is 5.75 Å². The van der Waals surface area contributed by atoms with Gasteiger partial charge in [0.2, 0.25) is 0 Å². The molecule has 86 valence electrons. The highest BCUT2D eigenvalue weighted by Gasteiger charge is 2.19. The Hall–Kier alpha value is -1.51. The Labute approximate surface area is 95.4 Å². The summed E-state index contributed by atoms with van der Waals surface area (Å²) in [6, 6.07) is 5.92. The normalized spacial score (nSPS) is 15.1. The zero-order valence-electron chi connectivity index (χ0n) is 9.66. The van der Waals surface area contributed by atoms with Crippen LogP contribution in [0.5, 0.6) is 5.75 Å². The lowest BCUT2D eigenvalue weighted by atomic mass is 9.98. The van der Waals surface area contributed by atoms with Gasteiger partial charge in [-0.3, -0.25) is 4.79 Å². The predicted octanol–water partition coefficient (Wildman–Crippen LogP) is 2.29. The van der Waals surface area contributed by atoms with E-state index in [2.05, 4.69) is 0 Å². The Morgan fingerprint density at radius 2 is 2.38 bits per heavy atom. The second-order valence-electron chi connectivity index (χ2n) is 3.94. The molecule has 0 radical (unpaired) electrons. The maximum absolute atomic E-state index is 11.6. The van der Waals surface area contributed by atoms with Gasteiger partial charge in [-0.2, -0.15) is 0 Å². The van der Waals surface area contributed by atoms with E-state index in [1.807, 2.05) is 32.0 Å². The van der Waals surface area contributed by atoms with Crippen LogP contribution in [0.1, 0.15) is 30.9 Å². The SMILES string of the molecule is CCOC(=O)C(C)c1ccc2c(c1)CCO2. The van der Waals surface area contributed by atoms with Gasteiger partial charge in [-0.15, -0.1) is 0 Å². The number of ether oxygens (including phenoxy) is 2. The smallest absolute Gasteiger partial charge is 0.313 e. The first-order valence-corrected chi connectivity index (χ1v) is 5.64. The van der Waals surface area contributed by atoms with E-state index in [0.717, 1.165) is 24.3 Å². The van der Waals surface area contributed by atoms with Crippen molar-refractivity contribution in [1.82, 2.24) is 0 Å². The highest BCUT2D eigenvalue weighted by Crippen LogP contribution is 2.29. The van der Waals surface area contributed by atoms with Gasteiger partial charge in [0.05, 0.1) is 19.1 Å². The van der Waals surface area contributed by atoms with Crippen LogP contribution in [0.25, 0.3) is 0 Å². The number of carbonyl (C=O) groups is 1. The van der Waals surface area contributed by atoms with Gasteiger partial charge in [0, 0.05) is 6.42 Å². The Morgan fingerprint density at radius 3 is 3.12 bits per heavy atom. The molecule has 3 nitrogen and oxygen atoms in total. The summed E-state index contributed by atoms with van der Waals surface area (Å²) in [4.78, 5) is 11.6. The fourth-order valence-electron chi connectivity index (χ4n) is 1.88. The monoisotopic (exact) mass is 220 g/mol. The Balaban J connectivity index is 2.18. The van der Waals surface area contributed by atoms with E-state index < -0.39 is 0 Å². The standard InChI is InChI=1S/C13H16O3/c1-3-15-13(14)9(2)10-4-5-12-11(8-10)6-7-16-12/h4-5,8-9H,3,6-7H2,1-2H3. The van der Waals surface area contributed by atoms with E-state index in [0.29, 0.717) is 6.61 Å². The summed E-state index contributed by atoms with van der Waals surface area (Å²) in [7, 11) is 0. The van der Waals surface area contributed by atoms with Crippen LogP contribution >= 0.6 is 0 Å². The number of hydrogen-bond acceptors (Lipinski definition) is 3. The molecular weight excluding hydrogens is 204 g/mol. The van der Waals surface area contributed by atoms with Crippen LogP contribution in [-0.4, -0.2) is 19.2 Å². The molecule has 1 aliphatic rings. The second-order valence-corrected chi connectivity index (χ2v) is 3.94. The highest BCUT2D eigenvalue weighted by molar-refractivity contribution is 5.77. The average Bonchev–Trinajstić information content (AvgIpc) is 2.75. The molecule has 16 heavy (non-hydrogen) atoms. The van der Waals surface area contributed by atoms with Crippen LogP contribution in [0.4, 0.5) is 0 Å². The van der Waals surface area contributed by atoms with Gasteiger partial charge < -0.3 is 9.47 Å². The summed E-state index contributed by atoms with van der Waals surface area (Å²) in [5, 5.41) is 0. The molecule has 0 aliphatic carbocycles. The first kappa shape index (κ1) is 11.0. The van der Waals surface area contributed by atoms with Crippen LogP contribution in [-0.2, 0) is 16.0 Å². The quantitative estimate of drug-likeness (QED) is 0.733. The summed E-state index contributed by atoms with van der Waals surface area (Å²) >= 11 is 0. The third-order valence-corrected chi connectivity index (χ3v) is 2.85. The zero-order chi connectivity index (χ0) is 11.5. The molecule has 0 aromatic heterocycles. The molecule has 1 unspecified atom stereocenters. The first-order valence-electron chi connectivity index (χ1n) is 5.64. The molecule has 2 rings (SSSR count). The lowest BCUT2D eigenvalue weighted by Gasteiger charge is -2.11. The van der Waals surface area contributed by atoms with Gasteiger partial charge in [-0.1, -0.05) is 12.1 Å². The molecular formula is C13H16O3. The van der Waals surface area contributed by atoms with Crippen LogP contribution in [0.15, 0.2) is 18.2 Å². The fraction of sp³-hybridized carbons (Fsp3) is 0.462. The van der Waals surface area contributed by atoms with Gasteiger partial charge in [0.15, 0.2) is 0 Å². The van der Waals surface area contributed by atoms with E-state index in [9.17, 15) is 4.79 Å². The average molecular weight is 220 g/mol. The molecule has 0 saturated carbocycles. The fourth-order valence-corrected chi connectivity index (χ4v) is 1.88. The molecule has 0 saturated heterocycles. The van der Waals surface area contributed by atoms with Gasteiger partial charge in [-0.05, 0) is 31.0 Å². The topological polar surface area (TPSA) is 35.5 Å². The molecule has 1 aromatic rings. The number of rotatable bonds is 3. The summed E-state index contributed by atoms with van der Waals surface area (Å²) in [5.74, 6) is 0.576. The van der Waals surface area contributed by atoms with Crippen LogP contribution in [0, 0.1) is 0 Å². The molecule has 1 aliphatic heterocycles. The van der Waals surface area contributed by atoms with Crippen LogP contribution < -0.4 is 4.74 Å². The number of benzene rings is 1. The molecule has 1 aromatic carbocycles. The molecule has 0 N–H and O–H groups in total. The van der Waals surface area contributed by atoms with Crippen molar-refractivity contribution in [1.29, 1.82) is 0 Å². The second kappa shape index (κ2) is 4.56. The minimum atomic E-state index is -0.203. The summed E-state index contributed by atoms with van der Waals surface area (Å²) in [5.41, 5.74) is 2.19. The summed E-state index contributed by atoms with van der Waals surface area (Å²) in [6.07, 6.45) is 0.929. The molecule has 0 amide bonds. The van der Waals surface area contributed by atoms with Gasteiger partial charge in [0.25, 0.3) is 0 Å². The van der Waals surface area contributed by atoms with Crippen molar-refractivity contribution in [2.75, 3.05) is 13.2 Å². The van der Waals surface area contributed by atoms with Gasteiger partial charge in [-0.25, -0.2) is 0 Å². The molecule has 0 fully saturated rings. The predicted molar refractivity (Wildman–Crippen MR) is 60.7 cm³/mol. The summed E-state index contributed by atoms with van der Waals surface area (Å²) in [6.45, 7) is 4.86. The van der Waals surface area contributed by atoms with Crippen molar-refractivity contribution in [2.45, 2.75) is 26.2 Å². The zero-order valence-corrected chi connectivity index (χ0v) is 9.66. The Morgan fingerprint density at radius 1 is 1.56 bits per heavy atom. The third kappa shape index (κ3) is 2.03. The minimum Gasteiger partial charge on any atom is -0.493 e. The number of fused-ring (bicyclic) bond motifs is 1. The molecule has 1 atom stereocenters. The first-order chi connectivity index (χ1) is 7.72. The van der Waals surface area contributed by atoms with Crippen molar-refractivity contribution < 1.29 is 14.3 Å². The van der Waals surface area contributed by atoms with E-state index in [4.69, 9.17) is 9.47 Å². The van der Waals surface area contributed by atoms with Gasteiger partial charge >= 0.3 is 5.97 Å². The Kier molecular flexibility index (Phi) is 3.13. The van der Waals surface area contributed by atoms with Crippen molar-refractivity contribution in [3.63, 3.8) is 0 Å². The molecule has 3 heteroatoms. The largest absolute Gasteiger partial charge is 0.493 e. The number of esters is 1. The van der Waals surface area contributed by atoms with Crippen molar-refractivity contribution >= 4 is 5.97 Å². The van der Waals surface area contributed by atoms with Crippen LogP contribution in [0.2, 0.25) is 0 Å². The molecule has 0 bridgehead atoms. The maximum atomic E-state index is 11.6. The highest BCUT2D eigenvalue weighted by atomic mass is 16.5. The maximum Gasteiger partial charge on any atom is 0.313 e. The van der Waals surface area contributed by atoms with E-state index in [1.54, 1.807) is 0 Å². The van der Waals surface area contributed by atoms with E-state index >= 15 is 0 Å². The summed E-state index contributed by atoms with van der Waals surface area (Å²) < 4.78 is 10.4. The van der Waals surface area contributed by atoms with E-state index in [-0.39, 0.29) is 11.9 Å². The minimum absolute atomic E-state index is 0.165. The molecule has 0 spiro atoms. The lowest BCUT2D eigenvalue weighted by molar-refractivity contribution is -0.144. The lowest BCUT2D eigenvalue weighted by Crippen LogP contribution is -2.13. The van der Waals surface area contributed by atoms with Crippen molar-refractivity contribution in [2.24, 2.45) is 0 Å². The third-order valence-electron chi connectivity index (χ3n) is 2.85. The van der Waals surface area contributed by atoms with Crippen molar-refractivity contribution in [3.05, 3.63) is 29.3 Å². The van der Waals surface area contributed by atoms with Crippen LogP contribution in [0.3, 0.4) is 0 Å². The number of hydrogen-bond donors (Lipinski definition) is 0. The van der Waals surface area contributed by atoms with Crippen molar-refractivity contribution in [3.8, 4) is 5.75 Å².